The zero-order chi connectivity index (χ0) is 24.7. The molecule has 0 bridgehead atoms. The third kappa shape index (κ3) is 5.90. The van der Waals surface area contributed by atoms with Crippen LogP contribution in [0.5, 0.6) is 0 Å². The van der Waals surface area contributed by atoms with E-state index in [4.69, 9.17) is 9.47 Å². The van der Waals surface area contributed by atoms with Gasteiger partial charge in [0.1, 0.15) is 18.7 Å². The van der Waals surface area contributed by atoms with E-state index in [1.165, 1.54) is 18.9 Å². The van der Waals surface area contributed by atoms with Crippen molar-refractivity contribution in [2.45, 2.75) is 37.5 Å². The van der Waals surface area contributed by atoms with E-state index in [1.807, 2.05) is 54.8 Å². The fourth-order valence-corrected chi connectivity index (χ4v) is 4.53. The van der Waals surface area contributed by atoms with E-state index >= 15 is 0 Å². The maximum Gasteiger partial charge on any atom is 0.407 e. The van der Waals surface area contributed by atoms with Crippen LogP contribution in [0.4, 0.5) is 4.79 Å². The Labute approximate surface area is 203 Å². The van der Waals surface area contributed by atoms with E-state index in [9.17, 15) is 19.5 Å². The monoisotopic (exact) mass is 486 g/mol. The normalized spacial score (nSPS) is 14.9. The van der Waals surface area contributed by atoms with Crippen LogP contribution in [0.3, 0.4) is 0 Å². The van der Waals surface area contributed by atoms with Crippen LogP contribution >= 0.6 is 11.8 Å². The summed E-state index contributed by atoms with van der Waals surface area (Å²) >= 11 is 1.48. The van der Waals surface area contributed by atoms with Crippen LogP contribution in [0.2, 0.25) is 0 Å². The average molecular weight is 487 g/mol. The first kappa shape index (κ1) is 25.6. The zero-order valence-electron chi connectivity index (χ0n) is 19.4. The van der Waals surface area contributed by atoms with Crippen molar-refractivity contribution < 1.29 is 29.0 Å². The fraction of sp³-hybridized carbons (Fsp3) is 0.400. The molecule has 3 atom stereocenters. The van der Waals surface area contributed by atoms with Gasteiger partial charge in [0.2, 0.25) is 5.91 Å². The molecule has 0 heterocycles. The summed E-state index contributed by atoms with van der Waals surface area (Å²) in [6.45, 7) is 1.71. The number of benzene rings is 2. The highest BCUT2D eigenvalue weighted by molar-refractivity contribution is 7.98. The first-order valence-electron chi connectivity index (χ1n) is 11.0. The van der Waals surface area contributed by atoms with Crippen molar-refractivity contribution in [1.29, 1.82) is 0 Å². The van der Waals surface area contributed by atoms with Gasteiger partial charge in [-0.25, -0.2) is 9.59 Å². The molecule has 2 amide bonds. The van der Waals surface area contributed by atoms with Crippen LogP contribution in [0.1, 0.15) is 30.4 Å². The molecule has 2 unspecified atom stereocenters. The summed E-state index contributed by atoms with van der Waals surface area (Å²) < 4.78 is 10.8. The maximum atomic E-state index is 12.8. The lowest BCUT2D eigenvalue weighted by molar-refractivity contribution is -0.142. The second-order valence-corrected chi connectivity index (χ2v) is 9.05. The van der Waals surface area contributed by atoms with E-state index in [-0.39, 0.29) is 18.9 Å². The molecule has 34 heavy (non-hydrogen) atoms. The molecule has 182 valence electrons. The van der Waals surface area contributed by atoms with Crippen molar-refractivity contribution in [2.75, 3.05) is 25.7 Å². The third-order valence-corrected chi connectivity index (χ3v) is 6.61. The van der Waals surface area contributed by atoms with Gasteiger partial charge in [-0.15, -0.1) is 0 Å². The third-order valence-electron chi connectivity index (χ3n) is 5.97. The molecule has 2 aromatic carbocycles. The summed E-state index contributed by atoms with van der Waals surface area (Å²) in [7, 11) is 1.41. The number of methoxy groups -OCH3 is 1. The maximum absolute atomic E-state index is 12.8. The Bertz CT molecular complexity index is 984. The minimum atomic E-state index is -1.13. The number of thioether (sulfide) groups is 1. The van der Waals surface area contributed by atoms with Crippen LogP contribution in [0, 0.1) is 0 Å². The Balaban J connectivity index is 1.66. The summed E-state index contributed by atoms with van der Waals surface area (Å²) in [6, 6.07) is 13.8. The first-order chi connectivity index (χ1) is 16.4. The van der Waals surface area contributed by atoms with Gasteiger partial charge in [-0.3, -0.25) is 4.79 Å². The van der Waals surface area contributed by atoms with Crippen molar-refractivity contribution >= 4 is 29.7 Å². The number of hydrogen-bond donors (Lipinski definition) is 3. The molecule has 3 rings (SSSR count). The number of carbonyl (C=O) groups excluding carboxylic acids is 2. The predicted molar refractivity (Wildman–Crippen MR) is 131 cm³/mol. The van der Waals surface area contributed by atoms with Gasteiger partial charge in [0, 0.05) is 13.0 Å². The number of fused-ring (bicyclic) bond motifs is 3. The lowest BCUT2D eigenvalue weighted by Gasteiger charge is -2.25. The molecule has 2 aromatic rings. The Morgan fingerprint density at radius 1 is 1.03 bits per heavy atom. The minimum Gasteiger partial charge on any atom is -0.480 e. The van der Waals surface area contributed by atoms with Gasteiger partial charge in [0.15, 0.2) is 0 Å². The highest BCUT2D eigenvalue weighted by Crippen LogP contribution is 2.44. The molecule has 1 aliphatic rings. The van der Waals surface area contributed by atoms with Crippen LogP contribution in [0.15, 0.2) is 48.5 Å². The van der Waals surface area contributed by atoms with Gasteiger partial charge in [-0.2, -0.15) is 11.8 Å². The summed E-state index contributed by atoms with van der Waals surface area (Å²) in [4.78, 5) is 37.0. The van der Waals surface area contributed by atoms with E-state index in [0.29, 0.717) is 5.75 Å². The first-order valence-corrected chi connectivity index (χ1v) is 12.4. The zero-order valence-corrected chi connectivity index (χ0v) is 20.3. The molecule has 0 saturated carbocycles. The smallest absolute Gasteiger partial charge is 0.407 e. The Morgan fingerprint density at radius 3 is 2.15 bits per heavy atom. The van der Waals surface area contributed by atoms with Crippen molar-refractivity contribution in [3.63, 3.8) is 0 Å². The van der Waals surface area contributed by atoms with Crippen LogP contribution in [0.25, 0.3) is 11.1 Å². The highest BCUT2D eigenvalue weighted by atomic mass is 32.2. The van der Waals surface area contributed by atoms with Gasteiger partial charge in [0.05, 0.1) is 6.10 Å². The Kier molecular flexibility index (Phi) is 8.95. The van der Waals surface area contributed by atoms with Crippen LogP contribution in [-0.2, 0) is 19.1 Å². The standard InChI is InChI=1S/C25H30N2O6S/c1-15(32-2)22(23(28)26-21(24(29)30)12-13-34-3)27-25(31)33-14-20-18-10-6-4-8-16(18)17-9-5-7-11-19(17)20/h4-11,15,20-22H,12-14H2,1-3H3,(H,26,28)(H,27,31)(H,29,30)/t15?,21-,22?/m0/s1. The fourth-order valence-electron chi connectivity index (χ4n) is 4.05. The van der Waals surface area contributed by atoms with E-state index in [1.54, 1.807) is 6.92 Å². The van der Waals surface area contributed by atoms with E-state index < -0.39 is 36.2 Å². The molecule has 0 fully saturated rings. The Hall–Kier alpha value is -3.04. The van der Waals surface area contributed by atoms with Gasteiger partial charge < -0.3 is 25.2 Å². The van der Waals surface area contributed by atoms with E-state index in [2.05, 4.69) is 10.6 Å². The molecule has 1 aliphatic carbocycles. The van der Waals surface area contributed by atoms with E-state index in [0.717, 1.165) is 22.3 Å². The average Bonchev–Trinajstić information content (AvgIpc) is 3.16. The number of rotatable bonds is 11. The molecule has 8 nitrogen and oxygen atoms in total. The number of hydrogen-bond acceptors (Lipinski definition) is 6. The lowest BCUT2D eigenvalue weighted by Crippen LogP contribution is -2.56. The van der Waals surface area contributed by atoms with Gasteiger partial charge >= 0.3 is 12.1 Å². The molecule has 0 radical (unpaired) electrons. The molecule has 0 aliphatic heterocycles. The Morgan fingerprint density at radius 2 is 1.62 bits per heavy atom. The number of nitrogens with one attached hydrogen (secondary N) is 2. The van der Waals surface area contributed by atoms with Crippen LogP contribution < -0.4 is 10.6 Å². The second kappa shape index (κ2) is 11.9. The number of ether oxygens (including phenoxy) is 2. The molecular weight excluding hydrogens is 456 g/mol. The van der Waals surface area contributed by atoms with Crippen LogP contribution in [-0.4, -0.2) is 67.0 Å². The van der Waals surface area contributed by atoms with Gasteiger partial charge in [-0.1, -0.05) is 48.5 Å². The summed E-state index contributed by atoms with van der Waals surface area (Å²) in [5.74, 6) is -1.32. The molecule has 3 N–H and O–H groups in total. The van der Waals surface area contributed by atoms with Gasteiger partial charge in [-0.05, 0) is 47.6 Å². The predicted octanol–water partition coefficient (Wildman–Crippen LogP) is 3.25. The second-order valence-electron chi connectivity index (χ2n) is 8.07. The van der Waals surface area contributed by atoms with Gasteiger partial charge in [0.25, 0.3) is 0 Å². The van der Waals surface area contributed by atoms with Crippen molar-refractivity contribution in [2.24, 2.45) is 0 Å². The highest BCUT2D eigenvalue weighted by Gasteiger charge is 2.32. The van der Waals surface area contributed by atoms with Crippen molar-refractivity contribution in [1.82, 2.24) is 10.6 Å². The number of amides is 2. The number of aliphatic carboxylic acids is 1. The topological polar surface area (TPSA) is 114 Å². The summed E-state index contributed by atoms with van der Waals surface area (Å²) in [5, 5.41) is 14.4. The largest absolute Gasteiger partial charge is 0.480 e. The SMILES string of the molecule is COC(C)C(NC(=O)OCC1c2ccccc2-c2ccccc21)C(=O)N[C@@H](CCSC)C(=O)O. The van der Waals surface area contributed by atoms with Crippen molar-refractivity contribution in [3.05, 3.63) is 59.7 Å². The summed E-state index contributed by atoms with van der Waals surface area (Å²) in [5.41, 5.74) is 4.38. The number of carboxylic acid groups (broad SMARTS) is 1. The minimum absolute atomic E-state index is 0.0983. The lowest BCUT2D eigenvalue weighted by atomic mass is 9.98. The molecular formula is C25H30N2O6S. The number of carboxylic acids is 1. The quantitative estimate of drug-likeness (QED) is 0.447. The molecule has 0 saturated heterocycles. The molecule has 0 aromatic heterocycles. The molecule has 0 spiro atoms. The molecule has 9 heteroatoms. The number of alkyl carbamates (subject to hydrolysis) is 1. The number of carbonyl (C=O) groups is 3. The summed E-state index contributed by atoms with van der Waals surface area (Å²) in [6.07, 6.45) is 0.647. The van der Waals surface area contributed by atoms with Crippen molar-refractivity contribution in [3.8, 4) is 11.1 Å².